The molecule has 3 rings (SSSR count). The first kappa shape index (κ1) is 16.0. The lowest BCUT2D eigenvalue weighted by molar-refractivity contribution is 0.153. The van der Waals surface area contributed by atoms with E-state index in [2.05, 4.69) is 52.5 Å². The van der Waals surface area contributed by atoms with E-state index in [9.17, 15) is 5.11 Å². The smallest absolute Gasteiger partial charge is 0.126 e. The molecule has 4 heteroatoms. The molecule has 0 aliphatic carbocycles. The Bertz CT molecular complexity index is 644. The average molecular weight is 311 g/mol. The molecule has 1 aromatic carbocycles. The van der Waals surface area contributed by atoms with Crippen molar-refractivity contribution in [1.29, 1.82) is 0 Å². The Labute approximate surface area is 138 Å². The van der Waals surface area contributed by atoms with Crippen molar-refractivity contribution < 1.29 is 5.11 Å². The Kier molecular flexibility index (Phi) is 5.26. The van der Waals surface area contributed by atoms with E-state index in [0.29, 0.717) is 6.04 Å². The second kappa shape index (κ2) is 7.57. The highest BCUT2D eigenvalue weighted by atomic mass is 16.3. The minimum absolute atomic E-state index is 0.258. The van der Waals surface area contributed by atoms with Crippen LogP contribution in [0.5, 0.6) is 0 Å². The molecule has 1 atom stereocenters. The van der Waals surface area contributed by atoms with E-state index < -0.39 is 0 Å². The predicted octanol–water partition coefficient (Wildman–Crippen LogP) is 2.96. The molecule has 2 aromatic rings. The maximum atomic E-state index is 9.50. The fourth-order valence-corrected chi connectivity index (χ4v) is 3.23. The fourth-order valence-electron chi connectivity index (χ4n) is 3.23. The Morgan fingerprint density at radius 1 is 1.26 bits per heavy atom. The van der Waals surface area contributed by atoms with Gasteiger partial charge in [-0.1, -0.05) is 24.3 Å². The summed E-state index contributed by atoms with van der Waals surface area (Å²) in [5.74, 6) is 0.911. The molecule has 4 nitrogen and oxygen atoms in total. The lowest BCUT2D eigenvalue weighted by atomic mass is 10.1. The van der Waals surface area contributed by atoms with Crippen molar-refractivity contribution in [3.8, 4) is 0 Å². The van der Waals surface area contributed by atoms with Crippen molar-refractivity contribution in [3.05, 3.63) is 59.3 Å². The minimum Gasteiger partial charge on any atom is -0.395 e. The summed E-state index contributed by atoms with van der Waals surface area (Å²) in [5.41, 5.74) is 3.83. The van der Waals surface area contributed by atoms with Gasteiger partial charge in [-0.05, 0) is 55.1 Å². The SMILES string of the molecule is Cc1ccnc(NCc2ccccc2CN2CCC[C@H]2CO)c1. The molecule has 0 unspecified atom stereocenters. The third-order valence-electron chi connectivity index (χ3n) is 4.58. The number of aromatic nitrogens is 1. The molecule has 1 aliphatic heterocycles. The van der Waals surface area contributed by atoms with Crippen LogP contribution in [0.15, 0.2) is 42.6 Å². The van der Waals surface area contributed by atoms with Crippen molar-refractivity contribution in [2.45, 2.75) is 38.9 Å². The van der Waals surface area contributed by atoms with Gasteiger partial charge in [0.05, 0.1) is 6.61 Å². The summed E-state index contributed by atoms with van der Waals surface area (Å²) in [5, 5.41) is 12.9. The van der Waals surface area contributed by atoms with Crippen molar-refractivity contribution in [2.24, 2.45) is 0 Å². The molecular weight excluding hydrogens is 286 g/mol. The molecule has 1 fully saturated rings. The Morgan fingerprint density at radius 2 is 2.09 bits per heavy atom. The molecular formula is C19H25N3O. The van der Waals surface area contributed by atoms with Crippen LogP contribution in [0, 0.1) is 6.92 Å². The van der Waals surface area contributed by atoms with Crippen molar-refractivity contribution in [2.75, 3.05) is 18.5 Å². The summed E-state index contributed by atoms with van der Waals surface area (Å²) in [6.45, 7) is 5.08. The monoisotopic (exact) mass is 311 g/mol. The summed E-state index contributed by atoms with van der Waals surface area (Å²) < 4.78 is 0. The number of benzene rings is 1. The zero-order chi connectivity index (χ0) is 16.1. The number of aryl methyl sites for hydroxylation is 1. The third-order valence-corrected chi connectivity index (χ3v) is 4.58. The molecule has 2 N–H and O–H groups in total. The zero-order valence-corrected chi connectivity index (χ0v) is 13.7. The van der Waals surface area contributed by atoms with E-state index in [0.717, 1.165) is 31.9 Å². The maximum Gasteiger partial charge on any atom is 0.126 e. The highest BCUT2D eigenvalue weighted by Gasteiger charge is 2.24. The number of nitrogens with one attached hydrogen (secondary N) is 1. The molecule has 0 amide bonds. The van der Waals surface area contributed by atoms with Gasteiger partial charge in [0.25, 0.3) is 0 Å². The normalized spacial score (nSPS) is 18.3. The molecule has 23 heavy (non-hydrogen) atoms. The van der Waals surface area contributed by atoms with Crippen LogP contribution in [-0.2, 0) is 13.1 Å². The van der Waals surface area contributed by atoms with Crippen molar-refractivity contribution in [3.63, 3.8) is 0 Å². The lowest BCUT2D eigenvalue weighted by Crippen LogP contribution is -2.32. The number of hydrogen-bond acceptors (Lipinski definition) is 4. The molecule has 0 spiro atoms. The van der Waals surface area contributed by atoms with Gasteiger partial charge >= 0.3 is 0 Å². The molecule has 0 bridgehead atoms. The first-order valence-corrected chi connectivity index (χ1v) is 8.34. The van der Waals surface area contributed by atoms with Crippen LogP contribution in [0.3, 0.4) is 0 Å². The van der Waals surface area contributed by atoms with Gasteiger partial charge in [0.2, 0.25) is 0 Å². The summed E-state index contributed by atoms with van der Waals surface area (Å²) in [6, 6.07) is 12.9. The van der Waals surface area contributed by atoms with Gasteiger partial charge < -0.3 is 10.4 Å². The van der Waals surface area contributed by atoms with Crippen molar-refractivity contribution in [1.82, 2.24) is 9.88 Å². The van der Waals surface area contributed by atoms with Gasteiger partial charge in [-0.15, -0.1) is 0 Å². The van der Waals surface area contributed by atoms with E-state index in [1.165, 1.54) is 23.1 Å². The molecule has 1 saturated heterocycles. The first-order valence-electron chi connectivity index (χ1n) is 8.34. The van der Waals surface area contributed by atoms with Crippen LogP contribution in [-0.4, -0.2) is 34.2 Å². The number of nitrogens with zero attached hydrogens (tertiary/aromatic N) is 2. The van der Waals surface area contributed by atoms with Gasteiger partial charge in [0.15, 0.2) is 0 Å². The standard InChI is InChI=1S/C19H25N3O/c1-15-8-9-20-19(11-15)21-12-16-5-2-3-6-17(16)13-22-10-4-7-18(22)14-23/h2-3,5-6,8-9,11,18,23H,4,7,10,12-14H2,1H3,(H,20,21)/t18-/m0/s1. The quantitative estimate of drug-likeness (QED) is 0.861. The van der Waals surface area contributed by atoms with E-state index in [-0.39, 0.29) is 6.61 Å². The van der Waals surface area contributed by atoms with Crippen LogP contribution in [0.25, 0.3) is 0 Å². The summed E-state index contributed by atoms with van der Waals surface area (Å²) >= 11 is 0. The molecule has 2 heterocycles. The molecule has 1 aliphatic rings. The van der Waals surface area contributed by atoms with Gasteiger partial charge in [-0.25, -0.2) is 4.98 Å². The predicted molar refractivity (Wildman–Crippen MR) is 93.3 cm³/mol. The summed E-state index contributed by atoms with van der Waals surface area (Å²) in [6.07, 6.45) is 4.11. The summed E-state index contributed by atoms with van der Waals surface area (Å²) in [7, 11) is 0. The van der Waals surface area contributed by atoms with Gasteiger partial charge in [-0.2, -0.15) is 0 Å². The largest absolute Gasteiger partial charge is 0.395 e. The van der Waals surface area contributed by atoms with E-state index >= 15 is 0 Å². The number of pyridine rings is 1. The molecule has 1 aromatic heterocycles. The number of aliphatic hydroxyl groups is 1. The van der Waals surface area contributed by atoms with Crippen LogP contribution in [0.2, 0.25) is 0 Å². The van der Waals surface area contributed by atoms with Crippen molar-refractivity contribution >= 4 is 5.82 Å². The van der Waals surface area contributed by atoms with Gasteiger partial charge in [-0.3, -0.25) is 4.90 Å². The third kappa shape index (κ3) is 4.09. The Morgan fingerprint density at radius 3 is 2.87 bits per heavy atom. The Balaban J connectivity index is 1.68. The molecule has 0 radical (unpaired) electrons. The zero-order valence-electron chi connectivity index (χ0n) is 13.7. The second-order valence-corrected chi connectivity index (χ2v) is 6.29. The minimum atomic E-state index is 0.258. The van der Waals surface area contributed by atoms with Crippen LogP contribution in [0.1, 0.15) is 29.5 Å². The van der Waals surface area contributed by atoms with Gasteiger partial charge in [0.1, 0.15) is 5.82 Å². The number of anilines is 1. The van der Waals surface area contributed by atoms with E-state index in [4.69, 9.17) is 0 Å². The number of aliphatic hydroxyl groups excluding tert-OH is 1. The average Bonchev–Trinajstić information content (AvgIpc) is 3.01. The summed E-state index contributed by atoms with van der Waals surface area (Å²) in [4.78, 5) is 6.75. The van der Waals surface area contributed by atoms with Crippen LogP contribution in [0.4, 0.5) is 5.82 Å². The highest BCUT2D eigenvalue weighted by molar-refractivity contribution is 5.39. The highest BCUT2D eigenvalue weighted by Crippen LogP contribution is 2.21. The number of likely N-dealkylation sites (tertiary alicyclic amines) is 1. The molecule has 122 valence electrons. The first-order chi connectivity index (χ1) is 11.3. The maximum absolute atomic E-state index is 9.50. The van der Waals surface area contributed by atoms with E-state index in [1.807, 2.05) is 12.3 Å². The topological polar surface area (TPSA) is 48.4 Å². The lowest BCUT2D eigenvalue weighted by Gasteiger charge is -2.24. The van der Waals surface area contributed by atoms with Gasteiger partial charge in [0, 0.05) is 25.3 Å². The number of hydrogen-bond donors (Lipinski definition) is 2. The Hall–Kier alpha value is -1.91. The fraction of sp³-hybridized carbons (Fsp3) is 0.421. The van der Waals surface area contributed by atoms with E-state index in [1.54, 1.807) is 0 Å². The molecule has 0 saturated carbocycles. The second-order valence-electron chi connectivity index (χ2n) is 6.29. The number of rotatable bonds is 6. The van der Waals surface area contributed by atoms with Crippen LogP contribution < -0.4 is 5.32 Å². The van der Waals surface area contributed by atoms with Crippen LogP contribution >= 0.6 is 0 Å².